The largest absolute Gasteiger partial charge is 0.434 e. The van der Waals surface area contributed by atoms with Crippen LogP contribution < -0.4 is 0 Å². The van der Waals surface area contributed by atoms with Crippen LogP contribution in [-0.2, 0) is 13.2 Å². The monoisotopic (exact) mass is 339 g/mol. The molecule has 0 N–H and O–H groups in total. The summed E-state index contributed by atoms with van der Waals surface area (Å²) < 4.78 is 39.9. The Labute approximate surface area is 139 Å². The third kappa shape index (κ3) is 4.48. The maximum Gasteiger partial charge on any atom is 0.434 e. The standard InChI is InChI=1S/C16H20F3N5/c1-23-11-14(16(17,18)19)22-15(23)13-5-3-7-24(10-13)9-12(8-21)4-2-6-20/h11-13H,2-5,7,9-10H2,1H3/t12-,13-/m1/s1. The molecule has 0 bridgehead atoms. The minimum Gasteiger partial charge on any atom is -0.337 e. The van der Waals surface area contributed by atoms with Crippen molar-refractivity contribution in [3.8, 4) is 12.1 Å². The van der Waals surface area contributed by atoms with Gasteiger partial charge >= 0.3 is 6.18 Å². The third-order valence-corrected chi connectivity index (χ3v) is 4.34. The molecule has 8 heteroatoms. The molecular formula is C16H20F3N5. The lowest BCUT2D eigenvalue weighted by molar-refractivity contribution is -0.141. The molecule has 1 fully saturated rings. The average molecular weight is 339 g/mol. The number of halogens is 3. The second-order valence-corrected chi connectivity index (χ2v) is 6.21. The van der Waals surface area contributed by atoms with Gasteiger partial charge in [0.25, 0.3) is 0 Å². The van der Waals surface area contributed by atoms with Crippen LogP contribution in [0.2, 0.25) is 0 Å². The zero-order valence-corrected chi connectivity index (χ0v) is 13.6. The van der Waals surface area contributed by atoms with Gasteiger partial charge in [0.2, 0.25) is 0 Å². The Balaban J connectivity index is 2.04. The van der Waals surface area contributed by atoms with Gasteiger partial charge in [-0.2, -0.15) is 23.7 Å². The first-order chi connectivity index (χ1) is 11.3. The molecule has 0 aliphatic carbocycles. The lowest BCUT2D eigenvalue weighted by atomic mass is 9.95. The second kappa shape index (κ2) is 7.67. The van der Waals surface area contributed by atoms with Crippen LogP contribution in [0.15, 0.2) is 6.20 Å². The summed E-state index contributed by atoms with van der Waals surface area (Å²) in [5, 5.41) is 17.8. The van der Waals surface area contributed by atoms with Crippen molar-refractivity contribution in [1.29, 1.82) is 10.5 Å². The van der Waals surface area contributed by atoms with Crippen molar-refractivity contribution < 1.29 is 13.2 Å². The number of nitriles is 2. The average Bonchev–Trinajstić information content (AvgIpc) is 2.94. The van der Waals surface area contributed by atoms with Gasteiger partial charge in [0.15, 0.2) is 5.69 Å². The topological polar surface area (TPSA) is 68.6 Å². The lowest BCUT2D eigenvalue weighted by Crippen LogP contribution is -2.38. The van der Waals surface area contributed by atoms with E-state index in [1.165, 1.54) is 4.57 Å². The maximum atomic E-state index is 12.8. The molecule has 2 atom stereocenters. The van der Waals surface area contributed by atoms with Gasteiger partial charge in [0, 0.05) is 38.7 Å². The van der Waals surface area contributed by atoms with Crippen molar-refractivity contribution >= 4 is 0 Å². The summed E-state index contributed by atoms with van der Waals surface area (Å²) in [7, 11) is 1.58. The number of alkyl halides is 3. The van der Waals surface area contributed by atoms with E-state index in [1.54, 1.807) is 7.05 Å². The zero-order chi connectivity index (χ0) is 17.7. The number of nitrogens with zero attached hydrogens (tertiary/aromatic N) is 5. The van der Waals surface area contributed by atoms with E-state index in [0.717, 1.165) is 25.6 Å². The van der Waals surface area contributed by atoms with E-state index >= 15 is 0 Å². The van der Waals surface area contributed by atoms with Gasteiger partial charge in [-0.25, -0.2) is 4.98 Å². The lowest BCUT2D eigenvalue weighted by Gasteiger charge is -2.33. The number of aryl methyl sites for hydroxylation is 1. The van der Waals surface area contributed by atoms with Crippen LogP contribution in [-0.4, -0.2) is 34.1 Å². The molecule has 2 heterocycles. The molecule has 5 nitrogen and oxygen atoms in total. The van der Waals surface area contributed by atoms with Crippen molar-refractivity contribution in [3.05, 3.63) is 17.7 Å². The summed E-state index contributed by atoms with van der Waals surface area (Å²) in [6.07, 6.45) is -0.908. The quantitative estimate of drug-likeness (QED) is 0.827. The van der Waals surface area contributed by atoms with Gasteiger partial charge < -0.3 is 9.47 Å². The molecule has 0 spiro atoms. The highest BCUT2D eigenvalue weighted by Gasteiger charge is 2.36. The smallest absolute Gasteiger partial charge is 0.337 e. The molecule has 130 valence electrons. The van der Waals surface area contributed by atoms with E-state index < -0.39 is 11.9 Å². The van der Waals surface area contributed by atoms with Crippen LogP contribution >= 0.6 is 0 Å². The SMILES string of the molecule is Cn1cc(C(F)(F)F)nc1[C@@H]1CCCN(C[C@@H](C#N)CCC#N)C1. The van der Waals surface area contributed by atoms with Gasteiger partial charge in [-0.15, -0.1) is 0 Å². The summed E-state index contributed by atoms with van der Waals surface area (Å²) in [5.74, 6) is 0.142. The Morgan fingerprint density at radius 2 is 2.17 bits per heavy atom. The van der Waals surface area contributed by atoms with Crippen molar-refractivity contribution in [1.82, 2.24) is 14.5 Å². The van der Waals surface area contributed by atoms with Crippen LogP contribution in [0.4, 0.5) is 13.2 Å². The first-order valence-electron chi connectivity index (χ1n) is 7.94. The summed E-state index contributed by atoms with van der Waals surface area (Å²) in [4.78, 5) is 5.89. The molecule has 1 aromatic rings. The van der Waals surface area contributed by atoms with Crippen LogP contribution in [0, 0.1) is 28.6 Å². The number of hydrogen-bond acceptors (Lipinski definition) is 4. The molecule has 1 aliphatic rings. The van der Waals surface area contributed by atoms with E-state index in [1.807, 2.05) is 6.07 Å². The predicted molar refractivity (Wildman–Crippen MR) is 80.6 cm³/mol. The van der Waals surface area contributed by atoms with Crippen LogP contribution in [0.5, 0.6) is 0 Å². The van der Waals surface area contributed by atoms with Gasteiger partial charge in [-0.3, -0.25) is 0 Å². The van der Waals surface area contributed by atoms with Gasteiger partial charge in [-0.05, 0) is 25.8 Å². The van der Waals surface area contributed by atoms with Gasteiger partial charge in [0.05, 0.1) is 18.1 Å². The van der Waals surface area contributed by atoms with Crippen molar-refractivity contribution in [2.24, 2.45) is 13.0 Å². The molecule has 1 aliphatic heterocycles. The van der Waals surface area contributed by atoms with E-state index in [4.69, 9.17) is 5.26 Å². The fraction of sp³-hybridized carbons (Fsp3) is 0.688. The van der Waals surface area contributed by atoms with Gasteiger partial charge in [0.1, 0.15) is 5.82 Å². The molecule has 0 aromatic carbocycles. The Morgan fingerprint density at radius 3 is 2.75 bits per heavy atom. The van der Waals surface area contributed by atoms with Gasteiger partial charge in [-0.1, -0.05) is 0 Å². The Hall–Kier alpha value is -2.06. The number of aromatic nitrogens is 2. The van der Waals surface area contributed by atoms with E-state index in [0.29, 0.717) is 31.8 Å². The summed E-state index contributed by atoms with van der Waals surface area (Å²) in [6, 6.07) is 4.25. The number of imidazole rings is 1. The maximum absolute atomic E-state index is 12.8. The third-order valence-electron chi connectivity index (χ3n) is 4.34. The number of piperidine rings is 1. The van der Waals surface area contributed by atoms with E-state index in [-0.39, 0.29) is 11.8 Å². The molecule has 0 radical (unpaired) electrons. The first-order valence-corrected chi connectivity index (χ1v) is 7.94. The predicted octanol–water partition coefficient (Wildman–Crippen LogP) is 3.06. The highest BCUT2D eigenvalue weighted by atomic mass is 19.4. The van der Waals surface area contributed by atoms with E-state index in [2.05, 4.69) is 16.0 Å². The summed E-state index contributed by atoms with van der Waals surface area (Å²) in [6.45, 7) is 1.95. The van der Waals surface area contributed by atoms with Crippen molar-refractivity contribution in [2.45, 2.75) is 37.8 Å². The normalized spacial score (nSPS) is 20.3. The number of likely N-dealkylation sites (tertiary alicyclic amines) is 1. The fourth-order valence-corrected chi connectivity index (χ4v) is 3.18. The highest BCUT2D eigenvalue weighted by Crippen LogP contribution is 2.32. The van der Waals surface area contributed by atoms with Crippen LogP contribution in [0.1, 0.15) is 43.1 Å². The Bertz CT molecular complexity index is 638. The second-order valence-electron chi connectivity index (χ2n) is 6.21. The molecule has 2 rings (SSSR count). The Morgan fingerprint density at radius 1 is 1.42 bits per heavy atom. The Kier molecular flexibility index (Phi) is 5.84. The number of rotatable bonds is 5. The summed E-state index contributed by atoms with van der Waals surface area (Å²) >= 11 is 0. The summed E-state index contributed by atoms with van der Waals surface area (Å²) in [5.41, 5.74) is -0.860. The van der Waals surface area contributed by atoms with E-state index in [9.17, 15) is 18.4 Å². The molecule has 0 unspecified atom stereocenters. The highest BCUT2D eigenvalue weighted by molar-refractivity contribution is 5.12. The van der Waals surface area contributed by atoms with Crippen molar-refractivity contribution in [2.75, 3.05) is 19.6 Å². The van der Waals surface area contributed by atoms with Crippen LogP contribution in [0.3, 0.4) is 0 Å². The molecule has 1 saturated heterocycles. The minimum atomic E-state index is -4.44. The molecule has 24 heavy (non-hydrogen) atoms. The minimum absolute atomic E-state index is 0.0739. The first kappa shape index (κ1) is 18.3. The zero-order valence-electron chi connectivity index (χ0n) is 13.6. The molecular weight excluding hydrogens is 319 g/mol. The van der Waals surface area contributed by atoms with Crippen molar-refractivity contribution in [3.63, 3.8) is 0 Å². The molecule has 1 aromatic heterocycles. The molecule has 0 amide bonds. The molecule has 0 saturated carbocycles. The number of hydrogen-bond donors (Lipinski definition) is 0. The fourth-order valence-electron chi connectivity index (χ4n) is 3.18. The van der Waals surface area contributed by atoms with Crippen LogP contribution in [0.25, 0.3) is 0 Å².